The molecule has 2 aromatic rings. The number of nitrogens with zero attached hydrogens (tertiary/aromatic N) is 4. The van der Waals surface area contributed by atoms with Crippen LogP contribution in [0, 0.1) is 6.92 Å². The maximum atomic E-state index is 4.33. The summed E-state index contributed by atoms with van der Waals surface area (Å²) in [5.74, 6) is 0. The Bertz CT molecular complexity index is 406. The van der Waals surface area contributed by atoms with E-state index in [1.165, 1.54) is 11.8 Å². The average Bonchev–Trinajstić information content (AvgIpc) is 2.64. The molecule has 0 aromatic carbocycles. The second-order valence-corrected chi connectivity index (χ2v) is 4.65. The van der Waals surface area contributed by atoms with Gasteiger partial charge in [0, 0.05) is 18.1 Å². The molecule has 6 heteroatoms. The fourth-order valence-electron chi connectivity index (χ4n) is 0.822. The van der Waals surface area contributed by atoms with Gasteiger partial charge in [-0.25, -0.2) is 4.98 Å². The maximum Gasteiger partial charge on any atom is 0.197 e. The lowest BCUT2D eigenvalue weighted by Gasteiger charge is -1.94. The third kappa shape index (κ3) is 1.89. The summed E-state index contributed by atoms with van der Waals surface area (Å²) < 4.78 is 2.88. The molecule has 4 nitrogen and oxygen atoms in total. The molecule has 0 aliphatic carbocycles. The highest BCUT2D eigenvalue weighted by atomic mass is 32.2. The molecule has 0 radical (unpaired) electrons. The van der Waals surface area contributed by atoms with Crippen molar-refractivity contribution in [1.82, 2.24) is 19.7 Å². The highest BCUT2D eigenvalue weighted by molar-refractivity contribution is 8.00. The number of aryl methyl sites for hydroxylation is 2. The lowest BCUT2D eigenvalue weighted by atomic mass is 10.6. The third-order valence-corrected chi connectivity index (χ3v) is 3.56. The quantitative estimate of drug-likeness (QED) is 0.760. The van der Waals surface area contributed by atoms with E-state index >= 15 is 0 Å². The van der Waals surface area contributed by atoms with Crippen molar-refractivity contribution < 1.29 is 0 Å². The summed E-state index contributed by atoms with van der Waals surface area (Å²) in [6, 6.07) is 0. The summed E-state index contributed by atoms with van der Waals surface area (Å²) in [5.41, 5.74) is 1.05. The molecule has 0 aliphatic rings. The number of thiazole rings is 1. The summed E-state index contributed by atoms with van der Waals surface area (Å²) in [6.45, 7) is 1.98. The van der Waals surface area contributed by atoms with Crippen LogP contribution in [-0.4, -0.2) is 19.7 Å². The summed E-state index contributed by atoms with van der Waals surface area (Å²) in [7, 11) is 1.92. The summed E-state index contributed by atoms with van der Waals surface area (Å²) in [5, 5.41) is 10.7. The minimum Gasteiger partial charge on any atom is -0.311 e. The van der Waals surface area contributed by atoms with Crippen LogP contribution in [0.25, 0.3) is 0 Å². The van der Waals surface area contributed by atoms with Gasteiger partial charge in [-0.15, -0.1) is 21.5 Å². The first-order valence-electron chi connectivity index (χ1n) is 3.69. The molecule has 0 aliphatic heterocycles. The van der Waals surface area contributed by atoms with Gasteiger partial charge in [-0.3, -0.25) is 0 Å². The van der Waals surface area contributed by atoms with Crippen molar-refractivity contribution in [2.75, 3.05) is 0 Å². The van der Waals surface area contributed by atoms with E-state index in [0.29, 0.717) is 0 Å². The molecular weight excluding hydrogens is 204 g/mol. The Morgan fingerprint density at radius 1 is 1.54 bits per heavy atom. The molecule has 68 valence electrons. The predicted molar refractivity (Wildman–Crippen MR) is 52.0 cm³/mol. The van der Waals surface area contributed by atoms with Gasteiger partial charge in [0.15, 0.2) is 9.50 Å². The van der Waals surface area contributed by atoms with Crippen LogP contribution in [0.5, 0.6) is 0 Å². The van der Waals surface area contributed by atoms with Crippen molar-refractivity contribution in [2.45, 2.75) is 16.4 Å². The van der Waals surface area contributed by atoms with Gasteiger partial charge >= 0.3 is 0 Å². The van der Waals surface area contributed by atoms with Gasteiger partial charge in [0.25, 0.3) is 0 Å². The van der Waals surface area contributed by atoms with Gasteiger partial charge in [0.05, 0.1) is 0 Å². The molecule has 2 heterocycles. The van der Waals surface area contributed by atoms with E-state index in [2.05, 4.69) is 15.2 Å². The highest BCUT2D eigenvalue weighted by Gasteiger charge is 2.05. The van der Waals surface area contributed by atoms with Crippen LogP contribution in [0.4, 0.5) is 0 Å². The van der Waals surface area contributed by atoms with E-state index < -0.39 is 0 Å². The predicted octanol–water partition coefficient (Wildman–Crippen LogP) is 1.73. The lowest BCUT2D eigenvalue weighted by Crippen LogP contribution is -1.87. The maximum absolute atomic E-state index is 4.33. The van der Waals surface area contributed by atoms with Crippen molar-refractivity contribution in [3.8, 4) is 0 Å². The molecule has 0 atom stereocenters. The Balaban J connectivity index is 2.19. The van der Waals surface area contributed by atoms with E-state index in [1.54, 1.807) is 17.7 Å². The standard InChI is InChI=1S/C7H8N4S2/c1-5-3-12-7(9-5)13-6-10-8-4-11(6)2/h3-4H,1-2H3. The molecule has 0 amide bonds. The van der Waals surface area contributed by atoms with E-state index in [4.69, 9.17) is 0 Å². The Morgan fingerprint density at radius 2 is 2.38 bits per heavy atom. The lowest BCUT2D eigenvalue weighted by molar-refractivity contribution is 0.788. The monoisotopic (exact) mass is 212 g/mol. The first kappa shape index (κ1) is 8.71. The topological polar surface area (TPSA) is 43.6 Å². The minimum absolute atomic E-state index is 0.870. The van der Waals surface area contributed by atoms with Gasteiger partial charge in [-0.05, 0) is 18.7 Å². The van der Waals surface area contributed by atoms with Crippen LogP contribution in [-0.2, 0) is 7.05 Å². The van der Waals surface area contributed by atoms with Crippen molar-refractivity contribution in [3.63, 3.8) is 0 Å². The van der Waals surface area contributed by atoms with Gasteiger partial charge in [0.1, 0.15) is 6.33 Å². The van der Waals surface area contributed by atoms with Crippen LogP contribution in [0.15, 0.2) is 21.2 Å². The van der Waals surface area contributed by atoms with Crippen LogP contribution in [0.2, 0.25) is 0 Å². The molecule has 0 bridgehead atoms. The Kier molecular flexibility index (Phi) is 2.32. The van der Waals surface area contributed by atoms with E-state index in [9.17, 15) is 0 Å². The van der Waals surface area contributed by atoms with Crippen LogP contribution in [0.1, 0.15) is 5.69 Å². The molecule has 0 N–H and O–H groups in total. The smallest absolute Gasteiger partial charge is 0.197 e. The molecule has 0 saturated heterocycles. The van der Waals surface area contributed by atoms with Gasteiger partial charge < -0.3 is 4.57 Å². The molecule has 0 spiro atoms. The van der Waals surface area contributed by atoms with Crippen molar-refractivity contribution in [1.29, 1.82) is 0 Å². The average molecular weight is 212 g/mol. The number of hydrogen-bond acceptors (Lipinski definition) is 5. The van der Waals surface area contributed by atoms with Crippen molar-refractivity contribution in [2.24, 2.45) is 7.05 Å². The van der Waals surface area contributed by atoms with Crippen molar-refractivity contribution >= 4 is 23.1 Å². The molecule has 2 rings (SSSR count). The second kappa shape index (κ2) is 3.47. The molecule has 13 heavy (non-hydrogen) atoms. The first-order valence-corrected chi connectivity index (χ1v) is 5.39. The number of rotatable bonds is 2. The molecule has 0 fully saturated rings. The van der Waals surface area contributed by atoms with E-state index in [0.717, 1.165) is 15.2 Å². The summed E-state index contributed by atoms with van der Waals surface area (Å²) in [4.78, 5) is 4.33. The minimum atomic E-state index is 0.870. The molecule has 0 unspecified atom stereocenters. The fraction of sp³-hybridized carbons (Fsp3) is 0.286. The zero-order valence-corrected chi connectivity index (χ0v) is 8.89. The van der Waals surface area contributed by atoms with Gasteiger partial charge in [-0.2, -0.15) is 0 Å². The van der Waals surface area contributed by atoms with Crippen molar-refractivity contribution in [3.05, 3.63) is 17.4 Å². The van der Waals surface area contributed by atoms with Crippen LogP contribution in [0.3, 0.4) is 0 Å². The zero-order chi connectivity index (χ0) is 9.26. The Labute approximate surface area is 84.0 Å². The SMILES string of the molecule is Cc1csc(Sc2nncn2C)n1. The highest BCUT2D eigenvalue weighted by Crippen LogP contribution is 2.27. The molecule has 0 saturated carbocycles. The fourth-order valence-corrected chi connectivity index (χ4v) is 2.53. The zero-order valence-electron chi connectivity index (χ0n) is 7.26. The first-order chi connectivity index (χ1) is 6.25. The number of aromatic nitrogens is 4. The van der Waals surface area contributed by atoms with E-state index in [-0.39, 0.29) is 0 Å². The summed E-state index contributed by atoms with van der Waals surface area (Å²) >= 11 is 3.17. The molecular formula is C7H8N4S2. The van der Waals surface area contributed by atoms with Crippen LogP contribution < -0.4 is 0 Å². The third-order valence-electron chi connectivity index (χ3n) is 1.45. The van der Waals surface area contributed by atoms with E-state index in [1.807, 2.05) is 23.9 Å². The van der Waals surface area contributed by atoms with Gasteiger partial charge in [-0.1, -0.05) is 0 Å². The Hall–Kier alpha value is -0.880. The van der Waals surface area contributed by atoms with Crippen LogP contribution >= 0.6 is 23.1 Å². The summed E-state index contributed by atoms with van der Waals surface area (Å²) in [6.07, 6.45) is 1.68. The second-order valence-electron chi connectivity index (χ2n) is 2.58. The van der Waals surface area contributed by atoms with Gasteiger partial charge in [0.2, 0.25) is 0 Å². The largest absolute Gasteiger partial charge is 0.311 e. The normalized spacial score (nSPS) is 10.6. The Morgan fingerprint density at radius 3 is 2.92 bits per heavy atom. The molecule has 2 aromatic heterocycles. The number of hydrogen-bond donors (Lipinski definition) is 0.